The molecule has 2 aromatic heterocycles. The molecule has 4 nitrogen and oxygen atoms in total. The Bertz CT molecular complexity index is 684. The molecule has 22 heavy (non-hydrogen) atoms. The van der Waals surface area contributed by atoms with Crippen LogP contribution in [0.15, 0.2) is 12.4 Å². The van der Waals surface area contributed by atoms with Gasteiger partial charge in [-0.3, -0.25) is 0 Å². The van der Waals surface area contributed by atoms with Gasteiger partial charge in [0, 0.05) is 13.0 Å². The van der Waals surface area contributed by atoms with Crippen molar-refractivity contribution in [2.75, 3.05) is 11.9 Å². The minimum atomic E-state index is -2.78. The molecule has 0 fully saturated rings. The lowest BCUT2D eigenvalue weighted by Crippen LogP contribution is -2.09. The smallest absolute Gasteiger partial charge is 0.282 e. The number of nitrogens with one attached hydrogen (secondary N) is 1. The highest BCUT2D eigenvalue weighted by molar-refractivity contribution is 6.42. The first kappa shape index (κ1) is 17.4. The summed E-state index contributed by atoms with van der Waals surface area (Å²) in [5, 5.41) is 3.36. The van der Waals surface area contributed by atoms with E-state index >= 15 is 0 Å². The highest BCUT2D eigenvalue weighted by Gasteiger charge is 2.17. The summed E-state index contributed by atoms with van der Waals surface area (Å²) in [6, 6.07) is 1.49. The van der Waals surface area contributed by atoms with Gasteiger partial charge >= 0.3 is 0 Å². The Balaban J connectivity index is 2.06. The third kappa shape index (κ3) is 4.07. The van der Waals surface area contributed by atoms with Crippen LogP contribution in [0.25, 0.3) is 0 Å². The predicted octanol–water partition coefficient (Wildman–Crippen LogP) is 5.08. The van der Waals surface area contributed by atoms with Gasteiger partial charge in [0.05, 0.1) is 15.7 Å². The summed E-state index contributed by atoms with van der Waals surface area (Å²) in [6.07, 6.45) is -1.39. The summed E-state index contributed by atoms with van der Waals surface area (Å²) in [6.45, 7) is 0.310. The van der Waals surface area contributed by atoms with E-state index in [0.29, 0.717) is 23.7 Å². The molecule has 0 aliphatic heterocycles. The fraction of sp³-hybridized carbons (Fsp3) is 0.250. The Kier molecular flexibility index (Phi) is 5.97. The van der Waals surface area contributed by atoms with Crippen molar-refractivity contribution in [3.8, 4) is 0 Å². The van der Waals surface area contributed by atoms with E-state index in [1.54, 1.807) is 0 Å². The molecular weight excluding hydrogens is 380 g/mol. The number of rotatable bonds is 5. The van der Waals surface area contributed by atoms with Crippen LogP contribution in [0.4, 0.5) is 14.6 Å². The molecular formula is C12H8Cl4F2N4. The first-order valence-corrected chi connectivity index (χ1v) is 7.44. The zero-order valence-corrected chi connectivity index (χ0v) is 13.8. The van der Waals surface area contributed by atoms with Crippen molar-refractivity contribution in [2.45, 2.75) is 12.8 Å². The number of halogens is 6. The second-order valence-electron chi connectivity index (χ2n) is 4.09. The van der Waals surface area contributed by atoms with Gasteiger partial charge in [-0.1, -0.05) is 46.4 Å². The van der Waals surface area contributed by atoms with Gasteiger partial charge in [-0.15, -0.1) is 0 Å². The number of pyridine rings is 1. The molecule has 0 saturated carbocycles. The van der Waals surface area contributed by atoms with Crippen LogP contribution in [0.5, 0.6) is 0 Å². The second-order valence-corrected chi connectivity index (χ2v) is 5.64. The highest BCUT2D eigenvalue weighted by Crippen LogP contribution is 2.29. The molecule has 0 radical (unpaired) electrons. The van der Waals surface area contributed by atoms with E-state index in [0.717, 1.165) is 6.33 Å². The van der Waals surface area contributed by atoms with Crippen molar-refractivity contribution in [3.63, 3.8) is 0 Å². The lowest BCUT2D eigenvalue weighted by molar-refractivity contribution is 0.146. The van der Waals surface area contributed by atoms with Crippen LogP contribution in [0.1, 0.15) is 17.8 Å². The summed E-state index contributed by atoms with van der Waals surface area (Å²) in [7, 11) is 0. The molecule has 0 amide bonds. The SMILES string of the molecule is FC(F)c1ncnc(NCCc2nc(Cl)c(Cl)cc2Cl)c1Cl. The lowest BCUT2D eigenvalue weighted by atomic mass is 10.2. The number of anilines is 1. The Morgan fingerprint density at radius 2 is 1.82 bits per heavy atom. The number of alkyl halides is 2. The van der Waals surface area contributed by atoms with Gasteiger partial charge in [0.2, 0.25) is 0 Å². The van der Waals surface area contributed by atoms with E-state index in [1.807, 2.05) is 0 Å². The van der Waals surface area contributed by atoms with Crippen molar-refractivity contribution in [2.24, 2.45) is 0 Å². The normalized spacial score (nSPS) is 11.0. The van der Waals surface area contributed by atoms with Crippen molar-refractivity contribution < 1.29 is 8.78 Å². The first-order valence-electron chi connectivity index (χ1n) is 5.93. The van der Waals surface area contributed by atoms with Crippen LogP contribution in [0.2, 0.25) is 20.2 Å². The minimum Gasteiger partial charge on any atom is -0.368 e. The summed E-state index contributed by atoms with van der Waals surface area (Å²) >= 11 is 23.4. The topological polar surface area (TPSA) is 50.7 Å². The highest BCUT2D eigenvalue weighted by atomic mass is 35.5. The molecule has 0 unspecified atom stereocenters. The van der Waals surface area contributed by atoms with Gasteiger partial charge in [0.15, 0.2) is 0 Å². The first-order chi connectivity index (χ1) is 10.4. The molecule has 0 aliphatic carbocycles. The fourth-order valence-electron chi connectivity index (χ4n) is 1.61. The van der Waals surface area contributed by atoms with Crippen molar-refractivity contribution in [1.82, 2.24) is 15.0 Å². The van der Waals surface area contributed by atoms with E-state index in [1.165, 1.54) is 6.07 Å². The maximum atomic E-state index is 12.7. The molecule has 118 valence electrons. The Labute approximate surface area is 144 Å². The van der Waals surface area contributed by atoms with Gasteiger partial charge in [-0.05, 0) is 6.07 Å². The van der Waals surface area contributed by atoms with Crippen LogP contribution in [-0.2, 0) is 6.42 Å². The van der Waals surface area contributed by atoms with Crippen LogP contribution in [-0.4, -0.2) is 21.5 Å². The molecule has 0 aromatic carbocycles. The second kappa shape index (κ2) is 7.55. The molecule has 0 aliphatic rings. The quantitative estimate of drug-likeness (QED) is 0.727. The molecule has 1 N–H and O–H groups in total. The van der Waals surface area contributed by atoms with Crippen LogP contribution in [0.3, 0.4) is 0 Å². The lowest BCUT2D eigenvalue weighted by Gasteiger charge is -2.10. The average molecular weight is 388 g/mol. The molecule has 10 heteroatoms. The minimum absolute atomic E-state index is 0.114. The van der Waals surface area contributed by atoms with E-state index in [2.05, 4.69) is 20.3 Å². The average Bonchev–Trinajstić information content (AvgIpc) is 2.45. The summed E-state index contributed by atoms with van der Waals surface area (Å²) in [5.41, 5.74) is -0.00677. The maximum Gasteiger partial charge on any atom is 0.282 e. The van der Waals surface area contributed by atoms with E-state index in [9.17, 15) is 8.78 Å². The van der Waals surface area contributed by atoms with Gasteiger partial charge in [0.1, 0.15) is 28.0 Å². The number of aromatic nitrogens is 3. The largest absolute Gasteiger partial charge is 0.368 e. The van der Waals surface area contributed by atoms with Gasteiger partial charge < -0.3 is 5.32 Å². The number of hydrogen-bond acceptors (Lipinski definition) is 4. The standard InChI is InChI=1S/C12H8Cl4F2N4/c13-5-3-6(14)10(16)22-7(5)1-2-19-12-8(15)9(11(17)18)20-4-21-12/h3-4,11H,1-2H2,(H,19,20,21). The Morgan fingerprint density at radius 3 is 2.50 bits per heavy atom. The summed E-state index contributed by atoms with van der Waals surface area (Å²) < 4.78 is 25.3. The predicted molar refractivity (Wildman–Crippen MR) is 83.5 cm³/mol. The zero-order chi connectivity index (χ0) is 16.3. The van der Waals surface area contributed by atoms with Crippen LogP contribution < -0.4 is 5.32 Å². The number of hydrogen-bond donors (Lipinski definition) is 1. The molecule has 2 aromatic rings. The molecule has 2 rings (SSSR count). The summed E-state index contributed by atoms with van der Waals surface area (Å²) in [5.74, 6) is 0.114. The molecule has 0 spiro atoms. The van der Waals surface area contributed by atoms with Crippen molar-refractivity contribution >= 4 is 52.2 Å². The fourth-order valence-corrected chi connectivity index (χ4v) is 2.47. The number of nitrogens with zero attached hydrogens (tertiary/aromatic N) is 3. The Hall–Kier alpha value is -0.950. The molecule has 2 heterocycles. The Morgan fingerprint density at radius 1 is 1.09 bits per heavy atom. The zero-order valence-electron chi connectivity index (χ0n) is 10.8. The monoisotopic (exact) mass is 386 g/mol. The molecule has 0 saturated heterocycles. The van der Waals surface area contributed by atoms with Gasteiger partial charge in [0.25, 0.3) is 6.43 Å². The van der Waals surface area contributed by atoms with Crippen LogP contribution >= 0.6 is 46.4 Å². The van der Waals surface area contributed by atoms with E-state index in [4.69, 9.17) is 46.4 Å². The summed E-state index contributed by atoms with van der Waals surface area (Å²) in [4.78, 5) is 11.3. The van der Waals surface area contributed by atoms with Gasteiger partial charge in [-0.2, -0.15) is 0 Å². The maximum absolute atomic E-state index is 12.7. The third-order valence-electron chi connectivity index (χ3n) is 2.64. The molecule has 0 atom stereocenters. The van der Waals surface area contributed by atoms with E-state index < -0.39 is 12.1 Å². The van der Waals surface area contributed by atoms with E-state index in [-0.39, 0.29) is 21.0 Å². The van der Waals surface area contributed by atoms with Crippen molar-refractivity contribution in [3.05, 3.63) is 44.0 Å². The van der Waals surface area contributed by atoms with Gasteiger partial charge in [-0.25, -0.2) is 23.7 Å². The molecule has 0 bridgehead atoms. The van der Waals surface area contributed by atoms with Crippen molar-refractivity contribution in [1.29, 1.82) is 0 Å². The third-order valence-corrected chi connectivity index (χ3v) is 4.01. The van der Waals surface area contributed by atoms with Crippen LogP contribution in [0, 0.1) is 0 Å².